The van der Waals surface area contributed by atoms with E-state index in [0.717, 1.165) is 5.56 Å². The molecule has 24 heavy (non-hydrogen) atoms. The molecule has 124 valence electrons. The first-order chi connectivity index (χ1) is 11.4. The predicted octanol–water partition coefficient (Wildman–Crippen LogP) is 3.26. The van der Waals surface area contributed by atoms with Crippen LogP contribution in [0.2, 0.25) is 5.02 Å². The molecule has 0 unspecified atom stereocenters. The number of nitro benzene ring substituents is 1. The fraction of sp³-hybridized carbons (Fsp3) is 0.188. The number of halogens is 2. The van der Waals surface area contributed by atoms with Gasteiger partial charge in [0.15, 0.2) is 0 Å². The monoisotopic (exact) mass is 349 g/mol. The first-order valence-electron chi connectivity index (χ1n) is 7.17. The minimum absolute atomic E-state index is 0.0349. The Morgan fingerprint density at radius 2 is 2.12 bits per heavy atom. The second-order valence-corrected chi connectivity index (χ2v) is 6.00. The van der Waals surface area contributed by atoms with E-state index in [-0.39, 0.29) is 33.9 Å². The molecule has 0 aliphatic heterocycles. The number of rotatable bonds is 4. The van der Waals surface area contributed by atoms with Gasteiger partial charge in [0, 0.05) is 18.0 Å². The Kier molecular flexibility index (Phi) is 4.11. The van der Waals surface area contributed by atoms with Gasteiger partial charge in [-0.15, -0.1) is 0 Å². The van der Waals surface area contributed by atoms with Crippen LogP contribution in [0.3, 0.4) is 0 Å². The highest BCUT2D eigenvalue weighted by Gasteiger charge is 2.41. The van der Waals surface area contributed by atoms with Crippen molar-refractivity contribution in [3.05, 3.63) is 68.5 Å². The van der Waals surface area contributed by atoms with Gasteiger partial charge in [-0.05, 0) is 30.2 Å². The molecular weight excluding hydrogens is 337 g/mol. The maximum Gasteiger partial charge on any atom is 0.284 e. The number of nitrogens with zero attached hydrogens (tertiary/aromatic N) is 1. The van der Waals surface area contributed by atoms with Crippen LogP contribution in [0.15, 0.2) is 36.4 Å². The number of nitrogens with two attached hydrogens (primary N) is 1. The Hall–Kier alpha value is -2.67. The van der Waals surface area contributed by atoms with E-state index in [1.165, 1.54) is 30.3 Å². The minimum atomic E-state index is -0.649. The number of nitro groups is 1. The SMILES string of the molecule is Nc1cccc([N+](=O)[O-])c1C(=O)N[C@@H]1C[C@H]1c1ccc(Cl)c(F)c1. The molecule has 0 radical (unpaired) electrons. The normalized spacial score (nSPS) is 18.9. The van der Waals surface area contributed by atoms with Gasteiger partial charge in [-0.1, -0.05) is 23.7 Å². The molecule has 3 N–H and O–H groups in total. The average molecular weight is 350 g/mol. The molecule has 1 fully saturated rings. The van der Waals surface area contributed by atoms with Gasteiger partial charge in [-0.2, -0.15) is 0 Å². The molecule has 0 heterocycles. The van der Waals surface area contributed by atoms with Gasteiger partial charge in [0.2, 0.25) is 0 Å². The van der Waals surface area contributed by atoms with Crippen molar-refractivity contribution in [1.82, 2.24) is 5.32 Å². The number of amides is 1. The van der Waals surface area contributed by atoms with Crippen molar-refractivity contribution >= 4 is 28.9 Å². The fourth-order valence-corrected chi connectivity index (χ4v) is 2.78. The van der Waals surface area contributed by atoms with E-state index < -0.39 is 16.6 Å². The highest BCUT2D eigenvalue weighted by atomic mass is 35.5. The van der Waals surface area contributed by atoms with Gasteiger partial charge < -0.3 is 11.1 Å². The lowest BCUT2D eigenvalue weighted by Gasteiger charge is -2.08. The summed E-state index contributed by atoms with van der Waals surface area (Å²) in [5, 5.41) is 13.8. The largest absolute Gasteiger partial charge is 0.398 e. The van der Waals surface area contributed by atoms with Crippen molar-refractivity contribution in [3.8, 4) is 0 Å². The number of carbonyl (C=O) groups excluding carboxylic acids is 1. The zero-order chi connectivity index (χ0) is 17.4. The first kappa shape index (κ1) is 16.2. The Bertz CT molecular complexity index is 843. The zero-order valence-electron chi connectivity index (χ0n) is 12.3. The van der Waals surface area contributed by atoms with Crippen molar-refractivity contribution in [2.24, 2.45) is 0 Å². The lowest BCUT2D eigenvalue weighted by Crippen LogP contribution is -2.28. The molecule has 3 rings (SSSR count). The molecule has 0 spiro atoms. The van der Waals surface area contributed by atoms with Crippen molar-refractivity contribution in [1.29, 1.82) is 0 Å². The molecular formula is C16H13ClFN3O3. The molecule has 0 bridgehead atoms. The smallest absolute Gasteiger partial charge is 0.284 e. The Balaban J connectivity index is 1.76. The molecule has 0 saturated heterocycles. The Labute approximate surface area is 141 Å². The summed E-state index contributed by atoms with van der Waals surface area (Å²) in [7, 11) is 0. The quantitative estimate of drug-likeness (QED) is 0.503. The third-order valence-electron chi connectivity index (χ3n) is 3.98. The van der Waals surface area contributed by atoms with E-state index in [4.69, 9.17) is 17.3 Å². The summed E-state index contributed by atoms with van der Waals surface area (Å²) >= 11 is 5.65. The summed E-state index contributed by atoms with van der Waals surface area (Å²) in [6.07, 6.45) is 0.618. The Morgan fingerprint density at radius 1 is 1.38 bits per heavy atom. The molecule has 1 aliphatic carbocycles. The molecule has 1 aliphatic rings. The van der Waals surface area contributed by atoms with E-state index in [0.29, 0.717) is 6.42 Å². The van der Waals surface area contributed by atoms with E-state index in [1.807, 2.05) is 0 Å². The van der Waals surface area contributed by atoms with Crippen molar-refractivity contribution in [2.45, 2.75) is 18.4 Å². The van der Waals surface area contributed by atoms with Gasteiger partial charge in [0.05, 0.1) is 15.6 Å². The lowest BCUT2D eigenvalue weighted by atomic mass is 10.1. The summed E-state index contributed by atoms with van der Waals surface area (Å²) in [4.78, 5) is 22.8. The summed E-state index contributed by atoms with van der Waals surface area (Å²) in [6, 6.07) is 8.34. The highest BCUT2D eigenvalue weighted by molar-refractivity contribution is 6.30. The van der Waals surface area contributed by atoms with E-state index in [2.05, 4.69) is 5.32 Å². The molecule has 6 nitrogen and oxygen atoms in total. The second kappa shape index (κ2) is 6.09. The van der Waals surface area contributed by atoms with Gasteiger partial charge in [-0.3, -0.25) is 14.9 Å². The number of anilines is 1. The number of nitrogens with one attached hydrogen (secondary N) is 1. The van der Waals surface area contributed by atoms with Crippen molar-refractivity contribution in [2.75, 3.05) is 5.73 Å². The average Bonchev–Trinajstić information content (AvgIpc) is 3.28. The van der Waals surface area contributed by atoms with Gasteiger partial charge in [-0.25, -0.2) is 4.39 Å². The summed E-state index contributed by atoms with van der Waals surface area (Å²) in [6.45, 7) is 0. The fourth-order valence-electron chi connectivity index (χ4n) is 2.66. The second-order valence-electron chi connectivity index (χ2n) is 5.59. The van der Waals surface area contributed by atoms with Gasteiger partial charge >= 0.3 is 0 Å². The third-order valence-corrected chi connectivity index (χ3v) is 4.28. The summed E-state index contributed by atoms with van der Waals surface area (Å²) in [5.74, 6) is -1.18. The maximum atomic E-state index is 13.5. The number of nitrogen functional groups attached to an aromatic ring is 1. The van der Waals surface area contributed by atoms with Crippen molar-refractivity contribution in [3.63, 3.8) is 0 Å². The van der Waals surface area contributed by atoms with Gasteiger partial charge in [0.1, 0.15) is 11.4 Å². The van der Waals surface area contributed by atoms with E-state index >= 15 is 0 Å². The van der Waals surface area contributed by atoms with Crippen LogP contribution in [0, 0.1) is 15.9 Å². The lowest BCUT2D eigenvalue weighted by molar-refractivity contribution is -0.385. The van der Waals surface area contributed by atoms with Crippen LogP contribution in [0.1, 0.15) is 28.3 Å². The third kappa shape index (κ3) is 3.03. The molecule has 2 aromatic rings. The molecule has 1 saturated carbocycles. The van der Waals surface area contributed by atoms with Crippen LogP contribution in [0.5, 0.6) is 0 Å². The van der Waals surface area contributed by atoms with Crippen LogP contribution in [-0.4, -0.2) is 16.9 Å². The first-order valence-corrected chi connectivity index (χ1v) is 7.55. The number of hydrogen-bond donors (Lipinski definition) is 2. The van der Waals surface area contributed by atoms with E-state index in [1.54, 1.807) is 6.07 Å². The zero-order valence-corrected chi connectivity index (χ0v) is 13.1. The van der Waals surface area contributed by atoms with Gasteiger partial charge in [0.25, 0.3) is 11.6 Å². The minimum Gasteiger partial charge on any atom is -0.398 e. The summed E-state index contributed by atoms with van der Waals surface area (Å²) < 4.78 is 13.5. The maximum absolute atomic E-state index is 13.5. The number of hydrogen-bond acceptors (Lipinski definition) is 4. The molecule has 8 heteroatoms. The standard InChI is InChI=1S/C16H13ClFN3O3/c17-10-5-4-8(6-11(10)18)9-7-13(9)20-16(22)15-12(19)2-1-3-14(15)21(23)24/h1-6,9,13H,7,19H2,(H,20,22)/t9-,13+/m0/s1. The number of benzene rings is 2. The molecule has 2 aromatic carbocycles. The Morgan fingerprint density at radius 3 is 2.79 bits per heavy atom. The van der Waals surface area contributed by atoms with Crippen LogP contribution < -0.4 is 11.1 Å². The van der Waals surface area contributed by atoms with Crippen LogP contribution in [-0.2, 0) is 0 Å². The number of carbonyl (C=O) groups is 1. The molecule has 0 aromatic heterocycles. The topological polar surface area (TPSA) is 98.3 Å². The van der Waals surface area contributed by atoms with E-state index in [9.17, 15) is 19.3 Å². The molecule has 1 amide bonds. The van der Waals surface area contributed by atoms with Crippen LogP contribution in [0.4, 0.5) is 15.8 Å². The van der Waals surface area contributed by atoms with Crippen LogP contribution >= 0.6 is 11.6 Å². The van der Waals surface area contributed by atoms with Crippen molar-refractivity contribution < 1.29 is 14.1 Å². The summed E-state index contributed by atoms with van der Waals surface area (Å²) in [5.41, 5.74) is 5.97. The molecule has 2 atom stereocenters. The van der Waals surface area contributed by atoms with Crippen LogP contribution in [0.25, 0.3) is 0 Å². The highest BCUT2D eigenvalue weighted by Crippen LogP contribution is 2.42. The predicted molar refractivity (Wildman–Crippen MR) is 87.5 cm³/mol.